The lowest BCUT2D eigenvalue weighted by Crippen LogP contribution is -1.83. The Morgan fingerprint density at radius 1 is 1.14 bits per heavy atom. The second-order valence-corrected chi connectivity index (χ2v) is 4.24. The fraction of sp³-hybridized carbons (Fsp3) is 0.231. The molecule has 0 aliphatic rings. The molecular formula is C13H14S. The van der Waals surface area contributed by atoms with Crippen molar-refractivity contribution < 1.29 is 0 Å². The summed E-state index contributed by atoms with van der Waals surface area (Å²) in [6.07, 6.45) is 3.23. The molecule has 0 atom stereocenters. The zero-order valence-electron chi connectivity index (χ0n) is 8.58. The second-order valence-electron chi connectivity index (χ2n) is 3.36. The third-order valence-electron chi connectivity index (χ3n) is 2.56. The van der Waals surface area contributed by atoms with Crippen LogP contribution in [0.4, 0.5) is 0 Å². The number of benzene rings is 2. The van der Waals surface area contributed by atoms with Crippen LogP contribution in [0.2, 0.25) is 0 Å². The SMILES string of the molecule is CCc1cccc2ccc(SC)cc12. The predicted molar refractivity (Wildman–Crippen MR) is 65.1 cm³/mol. The van der Waals surface area contributed by atoms with E-state index in [2.05, 4.69) is 49.6 Å². The number of hydrogen-bond donors (Lipinski definition) is 0. The van der Waals surface area contributed by atoms with Crippen LogP contribution in [0.25, 0.3) is 10.8 Å². The number of fused-ring (bicyclic) bond motifs is 1. The average Bonchev–Trinajstić information content (AvgIpc) is 2.27. The monoisotopic (exact) mass is 202 g/mol. The summed E-state index contributed by atoms with van der Waals surface area (Å²) in [5, 5.41) is 2.75. The van der Waals surface area contributed by atoms with E-state index in [0.29, 0.717) is 0 Å². The van der Waals surface area contributed by atoms with Gasteiger partial charge in [0.05, 0.1) is 0 Å². The molecule has 0 radical (unpaired) electrons. The van der Waals surface area contributed by atoms with Crippen molar-refractivity contribution >= 4 is 22.5 Å². The maximum Gasteiger partial charge on any atom is 0.00756 e. The van der Waals surface area contributed by atoms with Crippen LogP contribution in [0.3, 0.4) is 0 Å². The summed E-state index contributed by atoms with van der Waals surface area (Å²) in [6, 6.07) is 13.2. The van der Waals surface area contributed by atoms with Crippen LogP contribution < -0.4 is 0 Å². The summed E-state index contributed by atoms with van der Waals surface area (Å²) in [5.74, 6) is 0. The molecule has 2 aromatic rings. The lowest BCUT2D eigenvalue weighted by molar-refractivity contribution is 1.16. The summed E-state index contributed by atoms with van der Waals surface area (Å²) in [5.41, 5.74) is 1.44. The van der Waals surface area contributed by atoms with Gasteiger partial charge in [-0.2, -0.15) is 0 Å². The van der Waals surface area contributed by atoms with Crippen molar-refractivity contribution in [1.29, 1.82) is 0 Å². The maximum atomic E-state index is 2.29. The molecule has 0 aliphatic carbocycles. The van der Waals surface area contributed by atoms with Gasteiger partial charge in [-0.15, -0.1) is 11.8 Å². The molecule has 72 valence electrons. The van der Waals surface area contributed by atoms with Gasteiger partial charge in [0.1, 0.15) is 0 Å². The summed E-state index contributed by atoms with van der Waals surface area (Å²) >= 11 is 1.80. The minimum absolute atomic E-state index is 1.11. The van der Waals surface area contributed by atoms with Crippen LogP contribution in [0.5, 0.6) is 0 Å². The standard InChI is InChI=1S/C13H14S/c1-3-10-5-4-6-11-7-8-12(14-2)9-13(10)11/h4-9H,3H2,1-2H3. The van der Waals surface area contributed by atoms with E-state index in [9.17, 15) is 0 Å². The van der Waals surface area contributed by atoms with Crippen LogP contribution in [-0.4, -0.2) is 6.26 Å². The van der Waals surface area contributed by atoms with Crippen molar-refractivity contribution in [2.24, 2.45) is 0 Å². The first-order chi connectivity index (χ1) is 6.85. The van der Waals surface area contributed by atoms with Gasteiger partial charge in [0, 0.05) is 4.90 Å². The third-order valence-corrected chi connectivity index (χ3v) is 3.29. The number of hydrogen-bond acceptors (Lipinski definition) is 1. The molecule has 0 saturated carbocycles. The molecule has 0 unspecified atom stereocenters. The fourth-order valence-corrected chi connectivity index (χ4v) is 2.19. The summed E-state index contributed by atoms with van der Waals surface area (Å²) in [7, 11) is 0. The van der Waals surface area contributed by atoms with Gasteiger partial charge in [0.15, 0.2) is 0 Å². The lowest BCUT2D eigenvalue weighted by Gasteiger charge is -2.05. The molecule has 0 fully saturated rings. The Bertz CT molecular complexity index is 446. The molecule has 0 heterocycles. The van der Waals surface area contributed by atoms with E-state index in [1.807, 2.05) is 0 Å². The van der Waals surface area contributed by atoms with Gasteiger partial charge in [0.2, 0.25) is 0 Å². The quantitative estimate of drug-likeness (QED) is 0.660. The highest BCUT2D eigenvalue weighted by Gasteiger charge is 1.99. The minimum atomic E-state index is 1.11. The summed E-state index contributed by atoms with van der Waals surface area (Å²) < 4.78 is 0. The average molecular weight is 202 g/mol. The predicted octanol–water partition coefficient (Wildman–Crippen LogP) is 4.12. The first kappa shape index (κ1) is 9.60. The minimum Gasteiger partial charge on any atom is -0.130 e. The van der Waals surface area contributed by atoms with Gasteiger partial charge < -0.3 is 0 Å². The van der Waals surface area contributed by atoms with E-state index in [-0.39, 0.29) is 0 Å². The van der Waals surface area contributed by atoms with Gasteiger partial charge in [-0.25, -0.2) is 0 Å². The summed E-state index contributed by atoms with van der Waals surface area (Å²) in [4.78, 5) is 1.35. The molecule has 0 N–H and O–H groups in total. The molecule has 0 spiro atoms. The topological polar surface area (TPSA) is 0 Å². The molecule has 0 aromatic heterocycles. The van der Waals surface area contributed by atoms with Gasteiger partial charge in [0.25, 0.3) is 0 Å². The Balaban J connectivity index is 2.70. The molecule has 14 heavy (non-hydrogen) atoms. The van der Waals surface area contributed by atoms with Gasteiger partial charge >= 0.3 is 0 Å². The van der Waals surface area contributed by atoms with Crippen molar-refractivity contribution in [3.63, 3.8) is 0 Å². The molecule has 2 rings (SSSR count). The van der Waals surface area contributed by atoms with Crippen molar-refractivity contribution in [3.8, 4) is 0 Å². The van der Waals surface area contributed by atoms with Crippen molar-refractivity contribution in [2.75, 3.05) is 6.26 Å². The van der Waals surface area contributed by atoms with Crippen LogP contribution in [0, 0.1) is 0 Å². The fourth-order valence-electron chi connectivity index (χ4n) is 1.75. The Morgan fingerprint density at radius 3 is 2.71 bits per heavy atom. The van der Waals surface area contributed by atoms with Crippen molar-refractivity contribution in [2.45, 2.75) is 18.2 Å². The van der Waals surface area contributed by atoms with Crippen LogP contribution in [0.15, 0.2) is 41.3 Å². The number of thioether (sulfide) groups is 1. The van der Waals surface area contributed by atoms with E-state index in [0.717, 1.165) is 6.42 Å². The van der Waals surface area contributed by atoms with Gasteiger partial charge in [-0.05, 0) is 41.1 Å². The zero-order chi connectivity index (χ0) is 9.97. The maximum absolute atomic E-state index is 2.29. The normalized spacial score (nSPS) is 10.7. The number of rotatable bonds is 2. The highest BCUT2D eigenvalue weighted by Crippen LogP contribution is 2.24. The number of aryl methyl sites for hydroxylation is 1. The zero-order valence-corrected chi connectivity index (χ0v) is 9.40. The molecule has 0 bridgehead atoms. The van der Waals surface area contributed by atoms with E-state index in [1.165, 1.54) is 21.2 Å². The van der Waals surface area contributed by atoms with E-state index in [1.54, 1.807) is 11.8 Å². The largest absolute Gasteiger partial charge is 0.130 e. The van der Waals surface area contributed by atoms with Crippen LogP contribution >= 0.6 is 11.8 Å². The summed E-state index contributed by atoms with van der Waals surface area (Å²) in [6.45, 7) is 2.21. The Kier molecular flexibility index (Phi) is 2.78. The van der Waals surface area contributed by atoms with Gasteiger partial charge in [-0.1, -0.05) is 31.2 Å². The smallest absolute Gasteiger partial charge is 0.00756 e. The Morgan fingerprint density at radius 2 is 2.00 bits per heavy atom. The molecule has 0 saturated heterocycles. The van der Waals surface area contributed by atoms with E-state index >= 15 is 0 Å². The molecule has 0 amide bonds. The lowest BCUT2D eigenvalue weighted by atomic mass is 10.0. The third kappa shape index (κ3) is 1.64. The highest BCUT2D eigenvalue weighted by atomic mass is 32.2. The van der Waals surface area contributed by atoms with Crippen LogP contribution in [0.1, 0.15) is 12.5 Å². The molecule has 2 aromatic carbocycles. The van der Waals surface area contributed by atoms with E-state index < -0.39 is 0 Å². The van der Waals surface area contributed by atoms with Crippen molar-refractivity contribution in [1.82, 2.24) is 0 Å². The van der Waals surface area contributed by atoms with Gasteiger partial charge in [-0.3, -0.25) is 0 Å². The molecular weight excluding hydrogens is 188 g/mol. The molecule has 0 nitrogen and oxygen atoms in total. The highest BCUT2D eigenvalue weighted by molar-refractivity contribution is 7.98. The second kappa shape index (κ2) is 4.05. The van der Waals surface area contributed by atoms with Crippen molar-refractivity contribution in [3.05, 3.63) is 42.0 Å². The Hall–Kier alpha value is -0.950. The molecule has 1 heteroatoms. The van der Waals surface area contributed by atoms with E-state index in [4.69, 9.17) is 0 Å². The van der Waals surface area contributed by atoms with Crippen LogP contribution in [-0.2, 0) is 6.42 Å². The molecule has 0 aliphatic heterocycles. The first-order valence-corrected chi connectivity index (χ1v) is 6.13. The first-order valence-electron chi connectivity index (χ1n) is 4.91. The Labute approximate surface area is 89.3 Å².